The SMILES string of the molecule is Cc1cc(C)c(CNCCS(C)=O)cc1C. The van der Waals surface area contributed by atoms with Crippen molar-refractivity contribution in [2.24, 2.45) is 0 Å². The summed E-state index contributed by atoms with van der Waals surface area (Å²) in [5.41, 5.74) is 5.34. The molecule has 0 spiro atoms. The van der Waals surface area contributed by atoms with E-state index in [9.17, 15) is 4.21 Å². The van der Waals surface area contributed by atoms with Gasteiger partial charge in [-0.15, -0.1) is 0 Å². The molecule has 0 bridgehead atoms. The van der Waals surface area contributed by atoms with E-state index < -0.39 is 10.8 Å². The van der Waals surface area contributed by atoms with Gasteiger partial charge in [-0.05, 0) is 43.0 Å². The molecule has 0 amide bonds. The summed E-state index contributed by atoms with van der Waals surface area (Å²) in [6.07, 6.45) is 1.74. The first-order chi connectivity index (χ1) is 7.50. The largest absolute Gasteiger partial charge is 0.312 e. The summed E-state index contributed by atoms with van der Waals surface area (Å²) in [6.45, 7) is 8.10. The minimum atomic E-state index is -0.699. The summed E-state index contributed by atoms with van der Waals surface area (Å²) in [5, 5.41) is 3.33. The Bertz CT molecular complexity index is 388. The Morgan fingerprint density at radius 3 is 2.38 bits per heavy atom. The second-order valence-electron chi connectivity index (χ2n) is 4.32. The standard InChI is InChI=1S/C13H21NOS/c1-10-7-12(3)13(8-11(10)2)9-14-5-6-16(4)15/h7-8,14H,5-6,9H2,1-4H3. The number of hydrogen-bond donors (Lipinski definition) is 1. The normalized spacial score (nSPS) is 12.8. The lowest BCUT2D eigenvalue weighted by Crippen LogP contribution is -2.20. The van der Waals surface area contributed by atoms with Gasteiger partial charge in [0.05, 0.1) is 0 Å². The Labute approximate surface area is 101 Å². The van der Waals surface area contributed by atoms with E-state index in [1.165, 1.54) is 22.3 Å². The fourth-order valence-electron chi connectivity index (χ4n) is 1.65. The van der Waals surface area contributed by atoms with Crippen molar-refractivity contribution in [1.29, 1.82) is 0 Å². The van der Waals surface area contributed by atoms with Gasteiger partial charge in [0.25, 0.3) is 0 Å². The Kier molecular flexibility index (Phi) is 5.16. The second-order valence-corrected chi connectivity index (χ2v) is 5.87. The molecule has 0 aliphatic heterocycles. The average Bonchev–Trinajstić information content (AvgIpc) is 2.19. The van der Waals surface area contributed by atoms with Crippen molar-refractivity contribution in [1.82, 2.24) is 5.32 Å². The van der Waals surface area contributed by atoms with Gasteiger partial charge in [-0.2, -0.15) is 0 Å². The van der Waals surface area contributed by atoms with Crippen molar-refractivity contribution in [2.75, 3.05) is 18.6 Å². The van der Waals surface area contributed by atoms with Crippen LogP contribution in [-0.4, -0.2) is 22.8 Å². The van der Waals surface area contributed by atoms with Crippen molar-refractivity contribution in [3.8, 4) is 0 Å². The van der Waals surface area contributed by atoms with Crippen LogP contribution in [0, 0.1) is 20.8 Å². The zero-order chi connectivity index (χ0) is 12.1. The van der Waals surface area contributed by atoms with Crippen LogP contribution in [-0.2, 0) is 17.3 Å². The quantitative estimate of drug-likeness (QED) is 0.797. The molecule has 0 aliphatic carbocycles. The van der Waals surface area contributed by atoms with Gasteiger partial charge in [-0.3, -0.25) is 4.21 Å². The molecule has 16 heavy (non-hydrogen) atoms. The molecule has 1 rings (SSSR count). The maximum atomic E-state index is 10.9. The van der Waals surface area contributed by atoms with Gasteiger partial charge in [-0.25, -0.2) is 0 Å². The van der Waals surface area contributed by atoms with Crippen molar-refractivity contribution in [3.05, 3.63) is 34.4 Å². The Balaban J connectivity index is 2.54. The molecule has 0 aromatic heterocycles. The molecule has 1 N–H and O–H groups in total. The highest BCUT2D eigenvalue weighted by Crippen LogP contribution is 2.14. The minimum Gasteiger partial charge on any atom is -0.312 e. The highest BCUT2D eigenvalue weighted by molar-refractivity contribution is 7.84. The molecule has 0 saturated heterocycles. The molecule has 0 fully saturated rings. The molecule has 0 aliphatic rings. The number of aryl methyl sites for hydroxylation is 3. The van der Waals surface area contributed by atoms with E-state index in [-0.39, 0.29) is 0 Å². The Morgan fingerprint density at radius 2 is 1.75 bits per heavy atom. The average molecular weight is 239 g/mol. The van der Waals surface area contributed by atoms with Gasteiger partial charge in [0.2, 0.25) is 0 Å². The third-order valence-electron chi connectivity index (χ3n) is 2.83. The third-order valence-corrected chi connectivity index (χ3v) is 3.61. The van der Waals surface area contributed by atoms with Gasteiger partial charge < -0.3 is 5.32 Å². The summed E-state index contributed by atoms with van der Waals surface area (Å²) in [7, 11) is -0.699. The lowest BCUT2D eigenvalue weighted by atomic mass is 10.0. The van der Waals surface area contributed by atoms with Crippen LogP contribution in [0.2, 0.25) is 0 Å². The number of hydrogen-bond acceptors (Lipinski definition) is 2. The second kappa shape index (κ2) is 6.16. The first kappa shape index (κ1) is 13.4. The molecule has 0 saturated carbocycles. The lowest BCUT2D eigenvalue weighted by Gasteiger charge is -2.10. The van der Waals surface area contributed by atoms with E-state index in [2.05, 4.69) is 38.2 Å². The summed E-state index contributed by atoms with van der Waals surface area (Å²) >= 11 is 0. The molecule has 0 heterocycles. The van der Waals surface area contributed by atoms with Crippen LogP contribution in [0.5, 0.6) is 0 Å². The zero-order valence-electron chi connectivity index (χ0n) is 10.6. The summed E-state index contributed by atoms with van der Waals surface area (Å²) in [4.78, 5) is 0. The van der Waals surface area contributed by atoms with E-state index in [0.29, 0.717) is 0 Å². The summed E-state index contributed by atoms with van der Waals surface area (Å²) < 4.78 is 10.9. The van der Waals surface area contributed by atoms with Crippen molar-refractivity contribution in [3.63, 3.8) is 0 Å². The highest BCUT2D eigenvalue weighted by atomic mass is 32.2. The Hall–Kier alpha value is -0.670. The molecular weight excluding hydrogens is 218 g/mol. The summed E-state index contributed by atoms with van der Waals surface area (Å²) in [5.74, 6) is 0.726. The van der Waals surface area contributed by atoms with Gasteiger partial charge in [0, 0.05) is 35.9 Å². The maximum Gasteiger partial charge on any atom is 0.0357 e. The molecule has 0 radical (unpaired) electrons. The van der Waals surface area contributed by atoms with Crippen LogP contribution in [0.1, 0.15) is 22.3 Å². The molecule has 3 heteroatoms. The zero-order valence-corrected chi connectivity index (χ0v) is 11.4. The van der Waals surface area contributed by atoms with E-state index in [0.717, 1.165) is 18.8 Å². The monoisotopic (exact) mass is 239 g/mol. The third kappa shape index (κ3) is 4.06. The van der Waals surface area contributed by atoms with Crippen molar-refractivity contribution < 1.29 is 4.21 Å². The molecule has 2 nitrogen and oxygen atoms in total. The lowest BCUT2D eigenvalue weighted by molar-refractivity contribution is 0.676. The number of nitrogens with one attached hydrogen (secondary N) is 1. The van der Waals surface area contributed by atoms with Crippen molar-refractivity contribution >= 4 is 10.8 Å². The molecule has 1 aromatic carbocycles. The van der Waals surface area contributed by atoms with Gasteiger partial charge in [0.15, 0.2) is 0 Å². The van der Waals surface area contributed by atoms with Gasteiger partial charge in [0.1, 0.15) is 0 Å². The topological polar surface area (TPSA) is 29.1 Å². The highest BCUT2D eigenvalue weighted by Gasteiger charge is 2.01. The van der Waals surface area contributed by atoms with Gasteiger partial charge >= 0.3 is 0 Å². The van der Waals surface area contributed by atoms with Crippen LogP contribution in [0.25, 0.3) is 0 Å². The predicted octanol–water partition coefficient (Wildman–Crippen LogP) is 2.08. The maximum absolute atomic E-state index is 10.9. The first-order valence-corrected chi connectivity index (χ1v) is 7.31. The van der Waals surface area contributed by atoms with Crippen LogP contribution in [0.15, 0.2) is 12.1 Å². The molecule has 90 valence electrons. The van der Waals surface area contributed by atoms with E-state index >= 15 is 0 Å². The predicted molar refractivity (Wildman–Crippen MR) is 71.3 cm³/mol. The number of rotatable bonds is 5. The molecule has 1 aromatic rings. The molecule has 1 unspecified atom stereocenters. The van der Waals surface area contributed by atoms with E-state index in [4.69, 9.17) is 0 Å². The van der Waals surface area contributed by atoms with Gasteiger partial charge in [-0.1, -0.05) is 12.1 Å². The minimum absolute atomic E-state index is 0.699. The van der Waals surface area contributed by atoms with Crippen LogP contribution >= 0.6 is 0 Å². The smallest absolute Gasteiger partial charge is 0.0357 e. The fourth-order valence-corrected chi connectivity index (χ4v) is 2.08. The van der Waals surface area contributed by atoms with E-state index in [1.807, 2.05) is 0 Å². The van der Waals surface area contributed by atoms with Crippen LogP contribution in [0.4, 0.5) is 0 Å². The summed E-state index contributed by atoms with van der Waals surface area (Å²) in [6, 6.07) is 4.46. The molecular formula is C13H21NOS. The van der Waals surface area contributed by atoms with Crippen LogP contribution < -0.4 is 5.32 Å². The Morgan fingerprint density at radius 1 is 1.12 bits per heavy atom. The van der Waals surface area contributed by atoms with Crippen LogP contribution in [0.3, 0.4) is 0 Å². The molecule has 1 atom stereocenters. The van der Waals surface area contributed by atoms with E-state index in [1.54, 1.807) is 6.26 Å². The fraction of sp³-hybridized carbons (Fsp3) is 0.538. The van der Waals surface area contributed by atoms with Crippen molar-refractivity contribution in [2.45, 2.75) is 27.3 Å². The number of benzene rings is 1. The first-order valence-electron chi connectivity index (χ1n) is 5.58.